The summed E-state index contributed by atoms with van der Waals surface area (Å²) in [7, 11) is 0. The van der Waals surface area contributed by atoms with Gasteiger partial charge in [0.15, 0.2) is 5.76 Å². The summed E-state index contributed by atoms with van der Waals surface area (Å²) in [4.78, 5) is 11.7. The van der Waals surface area contributed by atoms with Crippen molar-refractivity contribution in [2.24, 2.45) is 0 Å². The molecule has 1 aromatic carbocycles. The van der Waals surface area contributed by atoms with Crippen LogP contribution in [-0.2, 0) is 6.54 Å². The van der Waals surface area contributed by atoms with Gasteiger partial charge in [-0.05, 0) is 43.7 Å². The Morgan fingerprint density at radius 2 is 2.00 bits per heavy atom. The van der Waals surface area contributed by atoms with Gasteiger partial charge in [0.2, 0.25) is 0 Å². The SMILES string of the molecule is CC(C)Oc1ccc(CNC(=O)c2ccco2)cc1. The summed E-state index contributed by atoms with van der Waals surface area (Å²) in [5, 5.41) is 2.79. The van der Waals surface area contributed by atoms with Crippen LogP contribution in [0.25, 0.3) is 0 Å². The molecule has 1 aromatic heterocycles. The van der Waals surface area contributed by atoms with Gasteiger partial charge in [-0.1, -0.05) is 12.1 Å². The quantitative estimate of drug-likeness (QED) is 0.898. The minimum atomic E-state index is -0.215. The van der Waals surface area contributed by atoms with Gasteiger partial charge < -0.3 is 14.5 Å². The van der Waals surface area contributed by atoms with Crippen LogP contribution in [0.15, 0.2) is 47.1 Å². The van der Waals surface area contributed by atoms with Crippen molar-refractivity contribution >= 4 is 5.91 Å². The van der Waals surface area contributed by atoms with Crippen LogP contribution in [0.3, 0.4) is 0 Å². The Bertz CT molecular complexity index is 515. The monoisotopic (exact) mass is 259 g/mol. The molecule has 2 aromatic rings. The summed E-state index contributed by atoms with van der Waals surface area (Å²) in [6, 6.07) is 11.0. The zero-order chi connectivity index (χ0) is 13.7. The molecule has 0 saturated heterocycles. The molecule has 4 nitrogen and oxygen atoms in total. The molecular weight excluding hydrogens is 242 g/mol. The Morgan fingerprint density at radius 1 is 1.26 bits per heavy atom. The molecule has 100 valence electrons. The minimum absolute atomic E-state index is 0.157. The molecule has 1 heterocycles. The van der Waals surface area contributed by atoms with Crippen molar-refractivity contribution in [2.75, 3.05) is 0 Å². The third kappa shape index (κ3) is 3.88. The highest BCUT2D eigenvalue weighted by Crippen LogP contribution is 2.13. The number of carbonyl (C=O) groups excluding carboxylic acids is 1. The van der Waals surface area contributed by atoms with Gasteiger partial charge in [0, 0.05) is 6.54 Å². The molecule has 0 aliphatic carbocycles. The predicted molar refractivity (Wildman–Crippen MR) is 72.1 cm³/mol. The normalized spacial score (nSPS) is 10.5. The van der Waals surface area contributed by atoms with Gasteiger partial charge in [0.1, 0.15) is 5.75 Å². The Labute approximate surface area is 112 Å². The van der Waals surface area contributed by atoms with Crippen molar-refractivity contribution < 1.29 is 13.9 Å². The third-order valence-corrected chi connectivity index (χ3v) is 2.49. The van der Waals surface area contributed by atoms with E-state index >= 15 is 0 Å². The lowest BCUT2D eigenvalue weighted by Crippen LogP contribution is -2.22. The molecule has 2 rings (SSSR count). The predicted octanol–water partition coefficient (Wildman–Crippen LogP) is 3.00. The van der Waals surface area contributed by atoms with E-state index in [1.807, 2.05) is 38.1 Å². The van der Waals surface area contributed by atoms with Gasteiger partial charge in [0.05, 0.1) is 12.4 Å². The van der Waals surface area contributed by atoms with Crippen LogP contribution in [0, 0.1) is 0 Å². The standard InChI is InChI=1S/C15H17NO3/c1-11(2)19-13-7-5-12(6-8-13)10-16-15(17)14-4-3-9-18-14/h3-9,11H,10H2,1-2H3,(H,16,17). The summed E-state index contributed by atoms with van der Waals surface area (Å²) < 4.78 is 10.6. The molecule has 0 atom stereocenters. The van der Waals surface area contributed by atoms with E-state index in [0.717, 1.165) is 11.3 Å². The molecule has 19 heavy (non-hydrogen) atoms. The highest BCUT2D eigenvalue weighted by atomic mass is 16.5. The number of carbonyl (C=O) groups is 1. The topological polar surface area (TPSA) is 51.5 Å². The number of amides is 1. The second-order valence-corrected chi connectivity index (χ2v) is 4.47. The molecule has 0 fully saturated rings. The van der Waals surface area contributed by atoms with Crippen molar-refractivity contribution in [1.82, 2.24) is 5.32 Å². The number of nitrogens with one attached hydrogen (secondary N) is 1. The van der Waals surface area contributed by atoms with Crippen molar-refractivity contribution in [1.29, 1.82) is 0 Å². The molecule has 0 saturated carbocycles. The van der Waals surface area contributed by atoms with Crippen molar-refractivity contribution in [3.63, 3.8) is 0 Å². The van der Waals surface area contributed by atoms with Crippen LogP contribution < -0.4 is 10.1 Å². The van der Waals surface area contributed by atoms with Gasteiger partial charge in [-0.3, -0.25) is 4.79 Å². The second kappa shape index (κ2) is 6.09. The van der Waals surface area contributed by atoms with Gasteiger partial charge in [-0.2, -0.15) is 0 Å². The smallest absolute Gasteiger partial charge is 0.287 e. The summed E-state index contributed by atoms with van der Waals surface area (Å²) in [6.45, 7) is 4.43. The molecule has 0 aliphatic heterocycles. The van der Waals surface area contributed by atoms with Crippen molar-refractivity contribution in [3.8, 4) is 5.75 Å². The number of benzene rings is 1. The fraction of sp³-hybridized carbons (Fsp3) is 0.267. The third-order valence-electron chi connectivity index (χ3n) is 2.49. The Balaban J connectivity index is 1.88. The number of furan rings is 1. The summed E-state index contributed by atoms with van der Waals surface area (Å²) in [5.74, 6) is 0.934. The zero-order valence-electron chi connectivity index (χ0n) is 11.1. The summed E-state index contributed by atoms with van der Waals surface area (Å²) in [6.07, 6.45) is 1.64. The molecule has 1 N–H and O–H groups in total. The number of rotatable bonds is 5. The Hall–Kier alpha value is -2.23. The first kappa shape index (κ1) is 13.2. The number of hydrogen-bond donors (Lipinski definition) is 1. The summed E-state index contributed by atoms with van der Waals surface area (Å²) >= 11 is 0. The van der Waals surface area contributed by atoms with Gasteiger partial charge in [0.25, 0.3) is 5.91 Å². The van der Waals surface area contributed by atoms with E-state index in [9.17, 15) is 4.79 Å². The van der Waals surface area contributed by atoms with E-state index in [4.69, 9.17) is 9.15 Å². The van der Waals surface area contributed by atoms with E-state index in [1.54, 1.807) is 12.1 Å². The molecule has 1 amide bonds. The van der Waals surface area contributed by atoms with Crippen molar-refractivity contribution in [2.45, 2.75) is 26.5 Å². The largest absolute Gasteiger partial charge is 0.491 e. The lowest BCUT2D eigenvalue weighted by molar-refractivity contribution is 0.0923. The number of hydrogen-bond acceptors (Lipinski definition) is 3. The number of ether oxygens (including phenoxy) is 1. The van der Waals surface area contributed by atoms with E-state index in [0.29, 0.717) is 12.3 Å². The zero-order valence-corrected chi connectivity index (χ0v) is 11.1. The maximum atomic E-state index is 11.7. The Kier molecular flexibility index (Phi) is 4.23. The van der Waals surface area contributed by atoms with Crippen LogP contribution >= 0.6 is 0 Å². The van der Waals surface area contributed by atoms with Crippen LogP contribution in [0.1, 0.15) is 30.0 Å². The van der Waals surface area contributed by atoms with Gasteiger partial charge in [-0.15, -0.1) is 0 Å². The van der Waals surface area contributed by atoms with E-state index < -0.39 is 0 Å². The molecule has 0 radical (unpaired) electrons. The fourth-order valence-corrected chi connectivity index (χ4v) is 1.64. The molecule has 0 spiro atoms. The van der Waals surface area contributed by atoms with Gasteiger partial charge in [-0.25, -0.2) is 0 Å². The van der Waals surface area contributed by atoms with E-state index in [1.165, 1.54) is 6.26 Å². The van der Waals surface area contributed by atoms with Crippen LogP contribution in [0.5, 0.6) is 5.75 Å². The minimum Gasteiger partial charge on any atom is -0.491 e. The van der Waals surface area contributed by atoms with Crippen LogP contribution in [-0.4, -0.2) is 12.0 Å². The van der Waals surface area contributed by atoms with E-state index in [-0.39, 0.29) is 12.0 Å². The lowest BCUT2D eigenvalue weighted by Gasteiger charge is -2.10. The molecule has 4 heteroatoms. The first-order valence-electron chi connectivity index (χ1n) is 6.22. The first-order valence-corrected chi connectivity index (χ1v) is 6.22. The van der Waals surface area contributed by atoms with E-state index in [2.05, 4.69) is 5.32 Å². The molecule has 0 bridgehead atoms. The highest BCUT2D eigenvalue weighted by molar-refractivity contribution is 5.91. The lowest BCUT2D eigenvalue weighted by atomic mass is 10.2. The maximum Gasteiger partial charge on any atom is 0.287 e. The Morgan fingerprint density at radius 3 is 2.58 bits per heavy atom. The highest BCUT2D eigenvalue weighted by Gasteiger charge is 2.07. The van der Waals surface area contributed by atoms with Crippen LogP contribution in [0.4, 0.5) is 0 Å². The molecule has 0 aliphatic rings. The maximum absolute atomic E-state index is 11.7. The van der Waals surface area contributed by atoms with Crippen LogP contribution in [0.2, 0.25) is 0 Å². The molecular formula is C15H17NO3. The van der Waals surface area contributed by atoms with Crippen molar-refractivity contribution in [3.05, 3.63) is 54.0 Å². The average molecular weight is 259 g/mol. The van der Waals surface area contributed by atoms with Gasteiger partial charge >= 0.3 is 0 Å². The second-order valence-electron chi connectivity index (χ2n) is 4.47. The average Bonchev–Trinajstić information content (AvgIpc) is 2.91. The summed E-state index contributed by atoms with van der Waals surface area (Å²) in [5.41, 5.74) is 1.01. The first-order chi connectivity index (χ1) is 9.15. The fourth-order valence-electron chi connectivity index (χ4n) is 1.64. The molecule has 0 unspecified atom stereocenters.